The van der Waals surface area contributed by atoms with Gasteiger partial charge in [0.1, 0.15) is 11.6 Å². The first-order chi connectivity index (χ1) is 26.8. The number of hydrogen-bond donors (Lipinski definition) is 1. The summed E-state index contributed by atoms with van der Waals surface area (Å²) in [5.41, 5.74) is 12.8. The molecule has 0 bridgehead atoms. The number of phenolic OH excluding ortho intramolecular Hbond substituents is 1. The van der Waals surface area contributed by atoms with Crippen molar-refractivity contribution >= 4 is 11.0 Å². The van der Waals surface area contributed by atoms with Gasteiger partial charge in [-0.2, -0.15) is 0 Å². The third-order valence-electron chi connectivity index (χ3n) is 9.99. The highest BCUT2D eigenvalue weighted by atomic mass is 16.3. The largest absolute Gasteiger partial charge is 0.507 e. The summed E-state index contributed by atoms with van der Waals surface area (Å²) in [7, 11) is 0. The van der Waals surface area contributed by atoms with Crippen LogP contribution in [0.15, 0.2) is 146 Å². The van der Waals surface area contributed by atoms with Crippen molar-refractivity contribution in [3.05, 3.63) is 168 Å². The lowest BCUT2D eigenvalue weighted by Gasteiger charge is -2.22. The Kier molecular flexibility index (Phi) is 7.66. The highest BCUT2D eigenvalue weighted by molar-refractivity contribution is 5.97. The molecule has 0 spiro atoms. The van der Waals surface area contributed by atoms with E-state index in [0.717, 1.165) is 61.3 Å². The number of benzene rings is 6. The monoisotopic (exact) mass is 692 g/mol. The van der Waals surface area contributed by atoms with E-state index in [1.807, 2.05) is 116 Å². The number of aromatic nitrogens is 3. The lowest BCUT2D eigenvalue weighted by molar-refractivity contribution is 0.472. The van der Waals surface area contributed by atoms with Gasteiger partial charge in [-0.3, -0.25) is 9.55 Å². The van der Waals surface area contributed by atoms with Gasteiger partial charge in [0.05, 0.1) is 28.0 Å². The van der Waals surface area contributed by atoms with Crippen molar-refractivity contribution < 1.29 is 9.22 Å². The standard InChI is InChI=1S/C49H43N3O/c1-31-24-33(3)47(53)42(25-31)48-51-46-41(18-13-19-45(46)52(48)44-21-20-36(26-32(44)2)34-14-9-7-10-15-34)38-27-39(29-40(28-38)49(4,5)6)43-30-37(22-23-50-43)35-16-11-8-12-17-35/h7-30,53H,1-6H3/i2D3. The molecule has 0 fully saturated rings. The summed E-state index contributed by atoms with van der Waals surface area (Å²) in [6, 6.07) is 46.3. The van der Waals surface area contributed by atoms with E-state index in [1.54, 1.807) is 6.07 Å². The molecular weight excluding hydrogens is 647 g/mol. The van der Waals surface area contributed by atoms with Crippen molar-refractivity contribution in [2.24, 2.45) is 0 Å². The summed E-state index contributed by atoms with van der Waals surface area (Å²) >= 11 is 0. The fraction of sp³-hybridized carbons (Fsp3) is 0.143. The van der Waals surface area contributed by atoms with Gasteiger partial charge in [0, 0.05) is 21.4 Å². The summed E-state index contributed by atoms with van der Waals surface area (Å²) in [4.78, 5) is 10.2. The number of imidazole rings is 1. The first-order valence-corrected chi connectivity index (χ1v) is 18.0. The Balaban J connectivity index is 1.40. The second kappa shape index (κ2) is 13.4. The predicted molar refractivity (Wildman–Crippen MR) is 221 cm³/mol. The Hall–Kier alpha value is -6.26. The van der Waals surface area contributed by atoms with Crippen molar-refractivity contribution in [1.82, 2.24) is 14.5 Å². The highest BCUT2D eigenvalue weighted by Crippen LogP contribution is 2.41. The van der Waals surface area contributed by atoms with E-state index in [-0.39, 0.29) is 16.7 Å². The van der Waals surface area contributed by atoms with E-state index in [2.05, 4.69) is 63.2 Å². The topological polar surface area (TPSA) is 50.9 Å². The lowest BCUT2D eigenvalue weighted by Crippen LogP contribution is -2.11. The third kappa shape index (κ3) is 6.42. The van der Waals surface area contributed by atoms with Gasteiger partial charge >= 0.3 is 0 Å². The second-order valence-electron chi connectivity index (χ2n) is 14.9. The number of rotatable bonds is 6. The van der Waals surface area contributed by atoms with Gasteiger partial charge in [-0.1, -0.05) is 112 Å². The van der Waals surface area contributed by atoms with Crippen molar-refractivity contribution in [3.8, 4) is 67.5 Å². The van der Waals surface area contributed by atoms with Gasteiger partial charge in [0.25, 0.3) is 0 Å². The zero-order valence-corrected chi connectivity index (χ0v) is 30.6. The molecule has 0 saturated heterocycles. The number of nitrogens with zero attached hydrogens (tertiary/aromatic N) is 3. The van der Waals surface area contributed by atoms with E-state index in [9.17, 15) is 5.11 Å². The number of aromatic hydroxyl groups is 1. The molecule has 4 nitrogen and oxygen atoms in total. The number of phenols is 1. The van der Waals surface area contributed by atoms with Gasteiger partial charge in [0.2, 0.25) is 0 Å². The van der Waals surface area contributed by atoms with Crippen LogP contribution >= 0.6 is 0 Å². The van der Waals surface area contributed by atoms with Gasteiger partial charge in [0.15, 0.2) is 0 Å². The maximum Gasteiger partial charge on any atom is 0.149 e. The summed E-state index contributed by atoms with van der Waals surface area (Å²) in [5.74, 6) is 0.561. The average Bonchev–Trinajstić information content (AvgIpc) is 3.58. The van der Waals surface area contributed by atoms with Crippen molar-refractivity contribution in [1.29, 1.82) is 0 Å². The predicted octanol–water partition coefficient (Wildman–Crippen LogP) is 12.7. The molecule has 0 aliphatic rings. The van der Waals surface area contributed by atoms with Crippen LogP contribution in [0, 0.1) is 20.7 Å². The van der Waals surface area contributed by atoms with E-state index in [0.29, 0.717) is 28.2 Å². The summed E-state index contributed by atoms with van der Waals surface area (Å²) in [6.45, 7) is 8.01. The number of para-hydroxylation sites is 1. The van der Waals surface area contributed by atoms with Crippen LogP contribution in [0.3, 0.4) is 0 Å². The minimum atomic E-state index is -2.45. The molecule has 260 valence electrons. The molecular formula is C49H43N3O. The smallest absolute Gasteiger partial charge is 0.149 e. The number of hydrogen-bond acceptors (Lipinski definition) is 3. The van der Waals surface area contributed by atoms with Crippen LogP contribution in [0.1, 0.15) is 47.1 Å². The molecule has 2 heterocycles. The van der Waals surface area contributed by atoms with Crippen LogP contribution in [-0.2, 0) is 5.41 Å². The quantitative estimate of drug-likeness (QED) is 0.189. The fourth-order valence-corrected chi connectivity index (χ4v) is 7.19. The fourth-order valence-electron chi connectivity index (χ4n) is 7.19. The molecule has 6 aromatic carbocycles. The van der Waals surface area contributed by atoms with Crippen LogP contribution in [0.25, 0.3) is 72.7 Å². The SMILES string of the molecule is [2H]C([2H])([2H])c1cc(-c2ccccc2)ccc1-n1c(-c2cc(C)cc(C)c2O)nc2c(-c3cc(-c4cc(-c5ccccc5)ccn4)cc(C(C)(C)C)c3)cccc21. The minimum absolute atomic E-state index is 0.103. The summed E-state index contributed by atoms with van der Waals surface area (Å²) in [6.07, 6.45) is 1.86. The van der Waals surface area contributed by atoms with E-state index in [4.69, 9.17) is 14.1 Å². The molecule has 0 amide bonds. The zero-order valence-electron chi connectivity index (χ0n) is 33.6. The molecule has 0 atom stereocenters. The average molecular weight is 693 g/mol. The second-order valence-corrected chi connectivity index (χ2v) is 14.9. The van der Waals surface area contributed by atoms with Crippen molar-refractivity contribution in [2.75, 3.05) is 0 Å². The van der Waals surface area contributed by atoms with E-state index in [1.165, 1.54) is 0 Å². The Morgan fingerprint density at radius 3 is 2.00 bits per heavy atom. The molecule has 4 heteroatoms. The third-order valence-corrected chi connectivity index (χ3v) is 9.99. The normalized spacial score (nSPS) is 12.7. The van der Waals surface area contributed by atoms with Gasteiger partial charge in [-0.05, 0) is 125 Å². The molecule has 53 heavy (non-hydrogen) atoms. The van der Waals surface area contributed by atoms with Crippen molar-refractivity contribution in [2.45, 2.75) is 46.9 Å². The van der Waals surface area contributed by atoms with Crippen LogP contribution in [-0.4, -0.2) is 19.6 Å². The Morgan fingerprint density at radius 1 is 0.604 bits per heavy atom. The van der Waals surface area contributed by atoms with Crippen LogP contribution in [0.2, 0.25) is 0 Å². The van der Waals surface area contributed by atoms with Crippen LogP contribution in [0.5, 0.6) is 5.75 Å². The first kappa shape index (κ1) is 30.4. The number of pyridine rings is 1. The molecule has 8 aromatic rings. The minimum Gasteiger partial charge on any atom is -0.507 e. The molecule has 0 saturated carbocycles. The number of aryl methyl sites for hydroxylation is 3. The maximum atomic E-state index is 11.6. The van der Waals surface area contributed by atoms with Crippen LogP contribution in [0.4, 0.5) is 0 Å². The zero-order chi connectivity index (χ0) is 39.4. The summed E-state index contributed by atoms with van der Waals surface area (Å²) < 4.78 is 28.1. The van der Waals surface area contributed by atoms with E-state index >= 15 is 0 Å². The Morgan fingerprint density at radius 2 is 1.30 bits per heavy atom. The van der Waals surface area contributed by atoms with Gasteiger partial charge in [-0.25, -0.2) is 4.98 Å². The van der Waals surface area contributed by atoms with Crippen LogP contribution < -0.4 is 0 Å². The van der Waals surface area contributed by atoms with E-state index < -0.39 is 6.85 Å². The highest BCUT2D eigenvalue weighted by Gasteiger charge is 2.23. The molecule has 0 aliphatic heterocycles. The van der Waals surface area contributed by atoms with Gasteiger partial charge in [-0.15, -0.1) is 0 Å². The molecule has 0 radical (unpaired) electrons. The maximum absolute atomic E-state index is 11.6. The molecule has 8 rings (SSSR count). The lowest BCUT2D eigenvalue weighted by atomic mass is 9.83. The summed E-state index contributed by atoms with van der Waals surface area (Å²) in [5, 5.41) is 11.6. The molecule has 2 aromatic heterocycles. The molecule has 0 unspecified atom stereocenters. The van der Waals surface area contributed by atoms with Gasteiger partial charge < -0.3 is 5.11 Å². The number of fused-ring (bicyclic) bond motifs is 1. The molecule has 1 N–H and O–H groups in total. The first-order valence-electron chi connectivity index (χ1n) is 19.5. The Labute approximate surface area is 316 Å². The Bertz CT molecular complexity index is 2740. The molecule has 0 aliphatic carbocycles. The van der Waals surface area contributed by atoms with Crippen molar-refractivity contribution in [3.63, 3.8) is 0 Å².